The molecule has 0 aromatic heterocycles. The number of hydrogen-bond acceptors (Lipinski definition) is 8. The summed E-state index contributed by atoms with van der Waals surface area (Å²) in [7, 11) is 0. The molecular weight excluding hydrogens is 452 g/mol. The van der Waals surface area contributed by atoms with E-state index in [1.54, 1.807) is 33.8 Å². The molecule has 3 aromatic carbocycles. The van der Waals surface area contributed by atoms with Crippen LogP contribution in [-0.2, 0) is 0 Å². The number of benzene rings is 3. The summed E-state index contributed by atoms with van der Waals surface area (Å²) in [4.78, 5) is 26.0. The maximum Gasteiger partial charge on any atom is 0.347 e. The highest BCUT2D eigenvalue weighted by Gasteiger charge is 2.27. The molecule has 0 unspecified atom stereocenters. The Balaban J connectivity index is 2.03. The molecule has 0 aliphatic rings. The van der Waals surface area contributed by atoms with E-state index in [-0.39, 0.29) is 51.0 Å². The molecule has 184 valence electrons. The number of carbonyl (C=O) groups is 2. The van der Waals surface area contributed by atoms with E-state index in [1.165, 1.54) is 32.9 Å². The Kier molecular flexibility index (Phi) is 6.69. The van der Waals surface area contributed by atoms with Crippen molar-refractivity contribution in [1.82, 2.24) is 0 Å². The van der Waals surface area contributed by atoms with E-state index in [2.05, 4.69) is 0 Å². The predicted molar refractivity (Wildman–Crippen MR) is 129 cm³/mol. The SMILES string of the molecule is Cc1cc(OC(=O)c2c(O)cc(C)c(OC(=O)c3c(C)cc(O)c(C)c3O)c2C)c(C)c(O)c1C. The van der Waals surface area contributed by atoms with Crippen molar-refractivity contribution in [3.8, 4) is 34.5 Å². The van der Waals surface area contributed by atoms with Crippen LogP contribution in [0.2, 0.25) is 0 Å². The van der Waals surface area contributed by atoms with Crippen LogP contribution < -0.4 is 9.47 Å². The van der Waals surface area contributed by atoms with Crippen molar-refractivity contribution < 1.29 is 39.5 Å². The zero-order valence-corrected chi connectivity index (χ0v) is 20.7. The minimum Gasteiger partial charge on any atom is -0.508 e. The molecular formula is C27H28O8. The van der Waals surface area contributed by atoms with Crippen LogP contribution in [0.5, 0.6) is 34.5 Å². The number of phenolic OH excluding ortho intramolecular Hbond substituents is 4. The highest BCUT2D eigenvalue weighted by atomic mass is 16.5. The summed E-state index contributed by atoms with van der Waals surface area (Å²) < 4.78 is 11.0. The summed E-state index contributed by atoms with van der Waals surface area (Å²) in [5.41, 5.74) is 2.36. The number of esters is 2. The van der Waals surface area contributed by atoms with Gasteiger partial charge in [0.1, 0.15) is 45.6 Å². The molecule has 0 saturated carbocycles. The highest BCUT2D eigenvalue weighted by Crippen LogP contribution is 2.38. The third-order valence-corrected chi connectivity index (χ3v) is 6.23. The molecule has 8 nitrogen and oxygen atoms in total. The molecule has 0 heterocycles. The molecule has 8 heteroatoms. The maximum atomic E-state index is 13.1. The second-order valence-electron chi connectivity index (χ2n) is 8.67. The van der Waals surface area contributed by atoms with Gasteiger partial charge >= 0.3 is 11.9 Å². The molecule has 35 heavy (non-hydrogen) atoms. The summed E-state index contributed by atoms with van der Waals surface area (Å²) in [6, 6.07) is 4.22. The largest absolute Gasteiger partial charge is 0.508 e. The Morgan fingerprint density at radius 2 is 1.14 bits per heavy atom. The number of phenols is 4. The number of carbonyl (C=O) groups excluding carboxylic acids is 2. The van der Waals surface area contributed by atoms with Gasteiger partial charge in [-0.2, -0.15) is 0 Å². The minimum atomic E-state index is -0.900. The zero-order chi connectivity index (χ0) is 26.4. The number of rotatable bonds is 4. The van der Waals surface area contributed by atoms with Gasteiger partial charge in [-0.1, -0.05) is 0 Å². The first kappa shape index (κ1) is 25.4. The van der Waals surface area contributed by atoms with Gasteiger partial charge < -0.3 is 29.9 Å². The van der Waals surface area contributed by atoms with E-state index >= 15 is 0 Å². The minimum absolute atomic E-state index is 0.00615. The topological polar surface area (TPSA) is 134 Å². The molecule has 0 aliphatic heterocycles. The van der Waals surface area contributed by atoms with Crippen LogP contribution in [0.1, 0.15) is 59.7 Å². The van der Waals surface area contributed by atoms with Gasteiger partial charge in [0.05, 0.1) is 0 Å². The Morgan fingerprint density at radius 1 is 0.571 bits per heavy atom. The van der Waals surface area contributed by atoms with Crippen LogP contribution in [0, 0.1) is 48.5 Å². The van der Waals surface area contributed by atoms with Gasteiger partial charge in [0.15, 0.2) is 0 Å². The third-order valence-electron chi connectivity index (χ3n) is 6.23. The Hall–Kier alpha value is -4.20. The molecule has 0 amide bonds. The van der Waals surface area contributed by atoms with Crippen LogP contribution in [-0.4, -0.2) is 32.4 Å². The molecule has 0 fully saturated rings. The van der Waals surface area contributed by atoms with Crippen LogP contribution in [0.4, 0.5) is 0 Å². The normalized spacial score (nSPS) is 10.8. The number of aryl methyl sites for hydroxylation is 3. The van der Waals surface area contributed by atoms with Gasteiger partial charge in [-0.15, -0.1) is 0 Å². The van der Waals surface area contributed by atoms with Gasteiger partial charge in [-0.25, -0.2) is 9.59 Å². The summed E-state index contributed by atoms with van der Waals surface area (Å²) in [6.07, 6.45) is 0. The second kappa shape index (κ2) is 9.21. The van der Waals surface area contributed by atoms with E-state index in [1.807, 2.05) is 0 Å². The zero-order valence-electron chi connectivity index (χ0n) is 20.7. The maximum absolute atomic E-state index is 13.1. The van der Waals surface area contributed by atoms with E-state index in [0.717, 1.165) is 5.56 Å². The first-order valence-corrected chi connectivity index (χ1v) is 10.9. The van der Waals surface area contributed by atoms with Crippen LogP contribution >= 0.6 is 0 Å². The first-order valence-electron chi connectivity index (χ1n) is 10.9. The van der Waals surface area contributed by atoms with Crippen molar-refractivity contribution in [2.75, 3.05) is 0 Å². The lowest BCUT2D eigenvalue weighted by Gasteiger charge is -2.18. The fourth-order valence-corrected chi connectivity index (χ4v) is 3.90. The smallest absolute Gasteiger partial charge is 0.347 e. The standard InChI is InChI=1S/C27H28O8/c1-11-10-20(16(6)23(30)14(11)4)34-27(33)22-17(7)25(13(3)9-19(22)29)35-26(32)21-12(2)8-18(28)15(5)24(21)31/h8-10,28-31H,1-7H3. The summed E-state index contributed by atoms with van der Waals surface area (Å²) in [5, 5.41) is 41.1. The van der Waals surface area contributed by atoms with Crippen LogP contribution in [0.15, 0.2) is 18.2 Å². The molecule has 0 aliphatic carbocycles. The lowest BCUT2D eigenvalue weighted by Crippen LogP contribution is -2.16. The third kappa shape index (κ3) is 4.47. The van der Waals surface area contributed by atoms with Gasteiger partial charge in [0, 0.05) is 16.7 Å². The lowest BCUT2D eigenvalue weighted by atomic mass is 10.0. The van der Waals surface area contributed by atoms with Gasteiger partial charge in [0.25, 0.3) is 0 Å². The Morgan fingerprint density at radius 3 is 1.77 bits per heavy atom. The molecule has 0 saturated heterocycles. The first-order chi connectivity index (χ1) is 16.3. The second-order valence-corrected chi connectivity index (χ2v) is 8.67. The average Bonchev–Trinajstić information content (AvgIpc) is 2.77. The highest BCUT2D eigenvalue weighted by molar-refractivity contribution is 5.99. The van der Waals surface area contributed by atoms with E-state index in [0.29, 0.717) is 22.3 Å². The Bertz CT molecular complexity index is 1390. The molecule has 0 bridgehead atoms. The van der Waals surface area contributed by atoms with Gasteiger partial charge in [0.2, 0.25) is 0 Å². The molecule has 0 spiro atoms. The predicted octanol–water partition coefficient (Wildman–Crippen LogP) is 5.11. The van der Waals surface area contributed by atoms with E-state index < -0.39 is 17.7 Å². The Labute approximate surface area is 203 Å². The van der Waals surface area contributed by atoms with Crippen molar-refractivity contribution in [2.45, 2.75) is 48.5 Å². The summed E-state index contributed by atoms with van der Waals surface area (Å²) in [5.74, 6) is -2.58. The van der Waals surface area contributed by atoms with Crippen molar-refractivity contribution in [3.05, 3.63) is 68.3 Å². The van der Waals surface area contributed by atoms with Gasteiger partial charge in [-0.05, 0) is 88.9 Å². The molecule has 4 N–H and O–H groups in total. The monoisotopic (exact) mass is 480 g/mol. The lowest BCUT2D eigenvalue weighted by molar-refractivity contribution is 0.0706. The van der Waals surface area contributed by atoms with E-state index in [4.69, 9.17) is 9.47 Å². The summed E-state index contributed by atoms with van der Waals surface area (Å²) >= 11 is 0. The summed E-state index contributed by atoms with van der Waals surface area (Å²) in [6.45, 7) is 11.2. The number of hydrogen-bond donors (Lipinski definition) is 4. The van der Waals surface area contributed by atoms with Crippen molar-refractivity contribution in [1.29, 1.82) is 0 Å². The average molecular weight is 481 g/mol. The fraction of sp³-hybridized carbons (Fsp3) is 0.259. The van der Waals surface area contributed by atoms with E-state index in [9.17, 15) is 30.0 Å². The molecule has 3 rings (SSSR count). The molecule has 0 atom stereocenters. The van der Waals surface area contributed by atoms with Crippen LogP contribution in [0.3, 0.4) is 0 Å². The molecule has 0 radical (unpaired) electrons. The molecule has 3 aromatic rings. The van der Waals surface area contributed by atoms with Crippen molar-refractivity contribution in [2.24, 2.45) is 0 Å². The fourth-order valence-electron chi connectivity index (χ4n) is 3.90. The van der Waals surface area contributed by atoms with Gasteiger partial charge in [-0.3, -0.25) is 0 Å². The number of aromatic hydroxyl groups is 4. The number of ether oxygens (including phenoxy) is 2. The quantitative estimate of drug-likeness (QED) is 0.299. The van der Waals surface area contributed by atoms with Crippen molar-refractivity contribution in [3.63, 3.8) is 0 Å². The van der Waals surface area contributed by atoms with Crippen LogP contribution in [0.25, 0.3) is 0 Å². The van der Waals surface area contributed by atoms with Crippen molar-refractivity contribution >= 4 is 11.9 Å².